The number of anilines is 3. The van der Waals surface area contributed by atoms with Crippen LogP contribution in [0.1, 0.15) is 0 Å². The van der Waals surface area contributed by atoms with Crippen LogP contribution < -0.4 is 15.5 Å². The number of hydrogen-bond acceptors (Lipinski definition) is 2. The summed E-state index contributed by atoms with van der Waals surface area (Å²) in [5, 5.41) is 4.59. The highest BCUT2D eigenvalue weighted by Crippen LogP contribution is 2.20. The van der Waals surface area contributed by atoms with Crippen molar-refractivity contribution in [2.45, 2.75) is 0 Å². The van der Waals surface area contributed by atoms with E-state index >= 15 is 0 Å². The lowest BCUT2D eigenvalue weighted by Gasteiger charge is -2.13. The number of rotatable bonds is 3. The fraction of sp³-hybridized carbons (Fsp3) is 0.133. The molecule has 2 aromatic rings. The molecule has 2 N–H and O–H groups in total. The Hall–Kier alpha value is -2.70. The Morgan fingerprint density at radius 2 is 1.55 bits per heavy atom. The van der Waals surface area contributed by atoms with Gasteiger partial charge in [0.25, 0.3) is 0 Å². The SMILES string of the molecule is CN(C)c1ccc(NC(=O)Nc2ccc(F)c(F)c2F)cc1. The molecule has 0 fully saturated rings. The molecule has 22 heavy (non-hydrogen) atoms. The van der Waals surface area contributed by atoms with Crippen molar-refractivity contribution < 1.29 is 18.0 Å². The second-order valence-corrected chi connectivity index (χ2v) is 4.74. The van der Waals surface area contributed by atoms with Crippen LogP contribution in [-0.2, 0) is 0 Å². The highest BCUT2D eigenvalue weighted by Gasteiger charge is 2.15. The maximum atomic E-state index is 13.4. The number of hydrogen-bond donors (Lipinski definition) is 2. The summed E-state index contributed by atoms with van der Waals surface area (Å²) >= 11 is 0. The zero-order valence-electron chi connectivity index (χ0n) is 12.0. The van der Waals surface area contributed by atoms with Gasteiger partial charge in [-0.15, -0.1) is 0 Å². The zero-order chi connectivity index (χ0) is 16.3. The summed E-state index contributed by atoms with van der Waals surface area (Å²) in [6.07, 6.45) is 0. The molecule has 2 amide bonds. The molecule has 2 aromatic carbocycles. The lowest BCUT2D eigenvalue weighted by molar-refractivity contribution is 0.262. The van der Waals surface area contributed by atoms with Crippen LogP contribution in [0.4, 0.5) is 35.0 Å². The third-order valence-electron chi connectivity index (χ3n) is 2.92. The van der Waals surface area contributed by atoms with Gasteiger partial charge in [0.2, 0.25) is 0 Å². The predicted molar refractivity (Wildman–Crippen MR) is 79.7 cm³/mol. The van der Waals surface area contributed by atoms with Crippen LogP contribution in [-0.4, -0.2) is 20.1 Å². The molecular formula is C15H14F3N3O. The van der Waals surface area contributed by atoms with Crippen molar-refractivity contribution in [1.29, 1.82) is 0 Å². The average molecular weight is 309 g/mol. The van der Waals surface area contributed by atoms with Crippen LogP contribution in [0.3, 0.4) is 0 Å². The number of nitrogens with one attached hydrogen (secondary N) is 2. The molecule has 0 radical (unpaired) electrons. The number of urea groups is 1. The quantitative estimate of drug-likeness (QED) is 0.847. The van der Waals surface area contributed by atoms with Crippen molar-refractivity contribution >= 4 is 23.1 Å². The Morgan fingerprint density at radius 3 is 2.14 bits per heavy atom. The molecule has 0 aliphatic carbocycles. The van der Waals surface area contributed by atoms with Crippen LogP contribution in [0.15, 0.2) is 36.4 Å². The summed E-state index contributed by atoms with van der Waals surface area (Å²) in [7, 11) is 3.75. The molecule has 4 nitrogen and oxygen atoms in total. The van der Waals surface area contributed by atoms with Crippen molar-refractivity contribution in [2.24, 2.45) is 0 Å². The minimum absolute atomic E-state index is 0.443. The lowest BCUT2D eigenvalue weighted by Crippen LogP contribution is -2.20. The average Bonchev–Trinajstić information content (AvgIpc) is 2.48. The summed E-state index contributed by atoms with van der Waals surface area (Å²) in [6.45, 7) is 0. The molecule has 0 saturated heterocycles. The van der Waals surface area contributed by atoms with Gasteiger partial charge in [-0.25, -0.2) is 18.0 Å². The van der Waals surface area contributed by atoms with E-state index < -0.39 is 29.2 Å². The van der Waals surface area contributed by atoms with Gasteiger partial charge in [-0.2, -0.15) is 0 Å². The number of carbonyl (C=O) groups excluding carboxylic acids is 1. The van der Waals surface area contributed by atoms with Gasteiger partial charge >= 0.3 is 6.03 Å². The minimum atomic E-state index is -1.63. The number of halogens is 3. The Bertz CT molecular complexity index is 687. The predicted octanol–water partition coefficient (Wildman–Crippen LogP) is 3.81. The van der Waals surface area contributed by atoms with E-state index in [4.69, 9.17) is 0 Å². The summed E-state index contributed by atoms with van der Waals surface area (Å²) in [6, 6.07) is 7.82. The van der Waals surface area contributed by atoms with Crippen LogP contribution in [0.5, 0.6) is 0 Å². The molecule has 0 bridgehead atoms. The summed E-state index contributed by atoms with van der Waals surface area (Å²) in [5.74, 6) is -4.39. The maximum Gasteiger partial charge on any atom is 0.323 e. The molecule has 116 valence electrons. The number of benzene rings is 2. The van der Waals surface area contributed by atoms with Gasteiger partial charge in [-0.3, -0.25) is 0 Å². The molecule has 2 rings (SSSR count). The second kappa shape index (κ2) is 6.38. The monoisotopic (exact) mass is 309 g/mol. The molecule has 0 aromatic heterocycles. The van der Waals surface area contributed by atoms with Crippen LogP contribution in [0, 0.1) is 17.5 Å². The Balaban J connectivity index is 2.06. The molecule has 0 heterocycles. The first kappa shape index (κ1) is 15.7. The van der Waals surface area contributed by atoms with Gasteiger partial charge in [0.05, 0.1) is 5.69 Å². The van der Waals surface area contributed by atoms with Gasteiger partial charge in [0.1, 0.15) is 0 Å². The maximum absolute atomic E-state index is 13.4. The number of nitrogens with zero attached hydrogens (tertiary/aromatic N) is 1. The van der Waals surface area contributed by atoms with Gasteiger partial charge in [0.15, 0.2) is 17.5 Å². The standard InChI is InChI=1S/C15H14F3N3O/c1-21(2)10-5-3-9(4-6-10)19-15(22)20-12-8-7-11(16)13(17)14(12)18/h3-8H,1-2H3,(H2,19,20,22). The molecule has 0 aliphatic rings. The summed E-state index contributed by atoms with van der Waals surface area (Å²) in [5.41, 5.74) is 0.977. The Labute approximate surface area is 125 Å². The fourth-order valence-corrected chi connectivity index (χ4v) is 1.75. The Kier molecular flexibility index (Phi) is 4.55. The highest BCUT2D eigenvalue weighted by atomic mass is 19.2. The Morgan fingerprint density at radius 1 is 0.909 bits per heavy atom. The van der Waals surface area contributed by atoms with Crippen LogP contribution in [0.25, 0.3) is 0 Å². The van der Waals surface area contributed by atoms with E-state index in [2.05, 4.69) is 10.6 Å². The topological polar surface area (TPSA) is 44.4 Å². The molecule has 0 saturated carbocycles. The van der Waals surface area contributed by atoms with Crippen molar-refractivity contribution in [3.8, 4) is 0 Å². The van der Waals surface area contributed by atoms with E-state index in [9.17, 15) is 18.0 Å². The fourth-order valence-electron chi connectivity index (χ4n) is 1.75. The van der Waals surface area contributed by atoms with Gasteiger partial charge < -0.3 is 15.5 Å². The highest BCUT2D eigenvalue weighted by molar-refractivity contribution is 5.99. The van der Waals surface area contributed by atoms with Crippen molar-refractivity contribution in [3.63, 3.8) is 0 Å². The van der Waals surface area contributed by atoms with Gasteiger partial charge in [0, 0.05) is 25.5 Å². The van der Waals surface area contributed by atoms with E-state index in [1.54, 1.807) is 24.3 Å². The normalized spacial score (nSPS) is 10.2. The molecule has 0 aliphatic heterocycles. The van der Waals surface area contributed by atoms with Gasteiger partial charge in [-0.05, 0) is 36.4 Å². The molecular weight excluding hydrogens is 295 g/mol. The summed E-state index contributed by atoms with van der Waals surface area (Å²) < 4.78 is 39.3. The lowest BCUT2D eigenvalue weighted by atomic mass is 10.2. The van der Waals surface area contributed by atoms with Crippen molar-refractivity contribution in [2.75, 3.05) is 29.6 Å². The first-order valence-electron chi connectivity index (χ1n) is 6.37. The largest absolute Gasteiger partial charge is 0.378 e. The smallest absolute Gasteiger partial charge is 0.323 e. The number of amides is 2. The van der Waals surface area contributed by atoms with E-state index in [1.807, 2.05) is 19.0 Å². The first-order valence-corrected chi connectivity index (χ1v) is 6.37. The van der Waals surface area contributed by atoms with E-state index in [1.165, 1.54) is 0 Å². The van der Waals surface area contributed by atoms with E-state index in [0.717, 1.165) is 17.8 Å². The summed E-state index contributed by atoms with van der Waals surface area (Å²) in [4.78, 5) is 13.6. The first-order chi connectivity index (χ1) is 10.4. The molecule has 0 unspecified atom stereocenters. The molecule has 0 spiro atoms. The van der Waals surface area contributed by atoms with E-state index in [-0.39, 0.29) is 0 Å². The zero-order valence-corrected chi connectivity index (χ0v) is 12.0. The molecule has 7 heteroatoms. The second-order valence-electron chi connectivity index (χ2n) is 4.74. The van der Waals surface area contributed by atoms with E-state index in [0.29, 0.717) is 5.69 Å². The van der Waals surface area contributed by atoms with Crippen LogP contribution >= 0.6 is 0 Å². The molecule has 0 atom stereocenters. The van der Waals surface area contributed by atoms with Crippen molar-refractivity contribution in [1.82, 2.24) is 0 Å². The van der Waals surface area contributed by atoms with Crippen LogP contribution in [0.2, 0.25) is 0 Å². The van der Waals surface area contributed by atoms with Gasteiger partial charge in [-0.1, -0.05) is 0 Å². The third-order valence-corrected chi connectivity index (χ3v) is 2.92. The third kappa shape index (κ3) is 3.49. The minimum Gasteiger partial charge on any atom is -0.378 e. The number of carbonyl (C=O) groups is 1. The van der Waals surface area contributed by atoms with Crippen molar-refractivity contribution in [3.05, 3.63) is 53.8 Å².